The van der Waals surface area contributed by atoms with Gasteiger partial charge in [0.25, 0.3) is 0 Å². The van der Waals surface area contributed by atoms with Crippen LogP contribution in [0.5, 0.6) is 0 Å². The molecule has 0 radical (unpaired) electrons. The fourth-order valence-corrected chi connectivity index (χ4v) is 1.85. The van der Waals surface area contributed by atoms with Crippen molar-refractivity contribution in [3.05, 3.63) is 47.8 Å². The Morgan fingerprint density at radius 1 is 1.39 bits per heavy atom. The van der Waals surface area contributed by atoms with Crippen molar-refractivity contribution in [2.45, 2.75) is 25.9 Å². The Morgan fingerprint density at radius 3 is 2.78 bits per heavy atom. The fraction of sp³-hybridized carbons (Fsp3) is 0.385. The van der Waals surface area contributed by atoms with Crippen LogP contribution in [0.4, 0.5) is 4.39 Å². The minimum absolute atomic E-state index is 0.125. The van der Waals surface area contributed by atoms with E-state index in [0.717, 1.165) is 17.8 Å². The van der Waals surface area contributed by atoms with Crippen molar-refractivity contribution >= 4 is 0 Å². The maximum absolute atomic E-state index is 12.8. The van der Waals surface area contributed by atoms with E-state index in [2.05, 4.69) is 22.3 Å². The zero-order valence-corrected chi connectivity index (χ0v) is 10.6. The largest absolute Gasteiger partial charge is 0.303 e. The minimum Gasteiger partial charge on any atom is -0.303 e. The van der Waals surface area contributed by atoms with E-state index in [0.29, 0.717) is 6.54 Å². The summed E-state index contributed by atoms with van der Waals surface area (Å²) in [6.07, 6.45) is 3.92. The van der Waals surface area contributed by atoms with Crippen LogP contribution in [-0.4, -0.2) is 14.8 Å². The molecule has 4 nitrogen and oxygen atoms in total. The Labute approximate surface area is 106 Å². The molecule has 1 unspecified atom stereocenters. The predicted octanol–water partition coefficient (Wildman–Crippen LogP) is 2.20. The Kier molecular flexibility index (Phi) is 4.04. The molecule has 5 heteroatoms. The first kappa shape index (κ1) is 12.7. The van der Waals surface area contributed by atoms with Crippen LogP contribution in [0.15, 0.2) is 30.6 Å². The standard InChI is InChI=1S/C13H17FN4/c1-3-12(13-5-4-10(14)8-15-13)16-9-11-6-7-17-18(11)2/h4-8,12,16H,3,9H2,1-2H3. The van der Waals surface area contributed by atoms with E-state index in [1.807, 2.05) is 17.8 Å². The zero-order chi connectivity index (χ0) is 13.0. The Morgan fingerprint density at radius 2 is 2.22 bits per heavy atom. The lowest BCUT2D eigenvalue weighted by Gasteiger charge is -2.16. The molecule has 96 valence electrons. The SMILES string of the molecule is CCC(NCc1ccnn1C)c1ccc(F)cn1. The lowest BCUT2D eigenvalue weighted by atomic mass is 10.1. The monoisotopic (exact) mass is 248 g/mol. The van der Waals surface area contributed by atoms with Gasteiger partial charge in [-0.2, -0.15) is 5.10 Å². The van der Waals surface area contributed by atoms with E-state index in [9.17, 15) is 4.39 Å². The smallest absolute Gasteiger partial charge is 0.141 e. The van der Waals surface area contributed by atoms with Crippen molar-refractivity contribution in [1.82, 2.24) is 20.1 Å². The van der Waals surface area contributed by atoms with E-state index in [1.165, 1.54) is 12.3 Å². The van der Waals surface area contributed by atoms with Crippen molar-refractivity contribution in [2.24, 2.45) is 7.05 Å². The quantitative estimate of drug-likeness (QED) is 0.882. The van der Waals surface area contributed by atoms with Crippen LogP contribution in [0.25, 0.3) is 0 Å². The normalized spacial score (nSPS) is 12.6. The second-order valence-corrected chi connectivity index (χ2v) is 4.19. The van der Waals surface area contributed by atoms with Gasteiger partial charge in [0.05, 0.1) is 17.6 Å². The van der Waals surface area contributed by atoms with Crippen molar-refractivity contribution in [2.75, 3.05) is 0 Å². The molecule has 1 atom stereocenters. The highest BCUT2D eigenvalue weighted by Gasteiger charge is 2.11. The average molecular weight is 248 g/mol. The summed E-state index contributed by atoms with van der Waals surface area (Å²) in [7, 11) is 1.91. The molecule has 2 aromatic rings. The second-order valence-electron chi connectivity index (χ2n) is 4.19. The van der Waals surface area contributed by atoms with Gasteiger partial charge < -0.3 is 5.32 Å². The molecule has 2 heterocycles. The minimum atomic E-state index is -0.305. The third-order valence-electron chi connectivity index (χ3n) is 2.97. The van der Waals surface area contributed by atoms with Gasteiger partial charge in [-0.3, -0.25) is 9.67 Å². The fourth-order valence-electron chi connectivity index (χ4n) is 1.85. The van der Waals surface area contributed by atoms with Crippen LogP contribution in [0, 0.1) is 5.82 Å². The van der Waals surface area contributed by atoms with Gasteiger partial charge in [0.1, 0.15) is 5.82 Å². The van der Waals surface area contributed by atoms with Crippen molar-refractivity contribution in [1.29, 1.82) is 0 Å². The van der Waals surface area contributed by atoms with Gasteiger partial charge in [-0.15, -0.1) is 0 Å². The number of aryl methyl sites for hydroxylation is 1. The topological polar surface area (TPSA) is 42.7 Å². The van der Waals surface area contributed by atoms with Crippen LogP contribution in [0.1, 0.15) is 30.8 Å². The molecule has 0 aliphatic rings. The van der Waals surface area contributed by atoms with Crippen molar-refractivity contribution in [3.8, 4) is 0 Å². The number of hydrogen-bond acceptors (Lipinski definition) is 3. The number of halogens is 1. The van der Waals surface area contributed by atoms with Crippen LogP contribution >= 0.6 is 0 Å². The molecule has 0 aliphatic carbocycles. The maximum atomic E-state index is 12.8. The summed E-state index contributed by atoms with van der Waals surface area (Å²) in [5.74, 6) is -0.305. The predicted molar refractivity (Wildman–Crippen MR) is 67.3 cm³/mol. The molecule has 0 aromatic carbocycles. The number of aromatic nitrogens is 3. The first-order chi connectivity index (χ1) is 8.70. The van der Waals surface area contributed by atoms with Crippen molar-refractivity contribution in [3.63, 3.8) is 0 Å². The highest BCUT2D eigenvalue weighted by atomic mass is 19.1. The lowest BCUT2D eigenvalue weighted by molar-refractivity contribution is 0.490. The van der Waals surface area contributed by atoms with Gasteiger partial charge in [0, 0.05) is 25.8 Å². The van der Waals surface area contributed by atoms with E-state index in [-0.39, 0.29) is 11.9 Å². The molecule has 2 rings (SSSR count). The second kappa shape index (κ2) is 5.73. The van der Waals surface area contributed by atoms with E-state index < -0.39 is 0 Å². The highest BCUT2D eigenvalue weighted by molar-refractivity contribution is 5.10. The van der Waals surface area contributed by atoms with Gasteiger partial charge >= 0.3 is 0 Å². The first-order valence-electron chi connectivity index (χ1n) is 6.02. The summed E-state index contributed by atoms with van der Waals surface area (Å²) >= 11 is 0. The lowest BCUT2D eigenvalue weighted by Crippen LogP contribution is -2.22. The van der Waals surface area contributed by atoms with E-state index >= 15 is 0 Å². The van der Waals surface area contributed by atoms with E-state index in [1.54, 1.807) is 12.3 Å². The summed E-state index contributed by atoms with van der Waals surface area (Å²) in [4.78, 5) is 4.11. The van der Waals surface area contributed by atoms with E-state index in [4.69, 9.17) is 0 Å². The van der Waals surface area contributed by atoms with Gasteiger partial charge in [0.15, 0.2) is 0 Å². The van der Waals surface area contributed by atoms with Gasteiger partial charge in [-0.25, -0.2) is 4.39 Å². The Hall–Kier alpha value is -1.75. The van der Waals surface area contributed by atoms with Crippen molar-refractivity contribution < 1.29 is 4.39 Å². The van der Waals surface area contributed by atoms with Crippen LogP contribution in [0.2, 0.25) is 0 Å². The molecular weight excluding hydrogens is 231 g/mol. The van der Waals surface area contributed by atoms with Crippen LogP contribution in [-0.2, 0) is 13.6 Å². The Bertz CT molecular complexity index is 492. The maximum Gasteiger partial charge on any atom is 0.141 e. The average Bonchev–Trinajstić information content (AvgIpc) is 2.78. The Balaban J connectivity index is 2.01. The summed E-state index contributed by atoms with van der Waals surface area (Å²) in [6, 6.07) is 5.26. The molecule has 0 aliphatic heterocycles. The molecule has 0 bridgehead atoms. The van der Waals surface area contributed by atoms with Crippen LogP contribution in [0.3, 0.4) is 0 Å². The third-order valence-corrected chi connectivity index (χ3v) is 2.97. The number of rotatable bonds is 5. The van der Waals surface area contributed by atoms with Gasteiger partial charge in [0.2, 0.25) is 0 Å². The zero-order valence-electron chi connectivity index (χ0n) is 10.6. The number of nitrogens with one attached hydrogen (secondary N) is 1. The molecule has 0 fully saturated rings. The molecule has 2 aromatic heterocycles. The van der Waals surface area contributed by atoms with Gasteiger partial charge in [-0.1, -0.05) is 6.92 Å². The summed E-state index contributed by atoms with van der Waals surface area (Å²) in [5, 5.41) is 7.52. The van der Waals surface area contributed by atoms with Crippen LogP contribution < -0.4 is 5.32 Å². The molecule has 18 heavy (non-hydrogen) atoms. The third kappa shape index (κ3) is 2.92. The summed E-state index contributed by atoms with van der Waals surface area (Å²) in [5.41, 5.74) is 1.97. The number of hydrogen-bond donors (Lipinski definition) is 1. The number of pyridine rings is 1. The summed E-state index contributed by atoms with van der Waals surface area (Å²) < 4.78 is 14.7. The molecule has 0 saturated heterocycles. The molecule has 0 spiro atoms. The highest BCUT2D eigenvalue weighted by Crippen LogP contribution is 2.14. The summed E-state index contributed by atoms with van der Waals surface area (Å²) in [6.45, 7) is 2.79. The molecular formula is C13H17FN4. The molecule has 1 N–H and O–H groups in total. The molecule has 0 amide bonds. The number of nitrogens with zero attached hydrogens (tertiary/aromatic N) is 3. The van der Waals surface area contributed by atoms with Gasteiger partial charge in [-0.05, 0) is 24.6 Å². The first-order valence-corrected chi connectivity index (χ1v) is 6.02. The molecule has 0 saturated carbocycles.